The highest BCUT2D eigenvalue weighted by Gasteiger charge is 2.24. The highest BCUT2D eigenvalue weighted by Crippen LogP contribution is 2.31. The molecule has 4 rings (SSSR count). The van der Waals surface area contributed by atoms with Crippen molar-refractivity contribution in [3.63, 3.8) is 0 Å². The van der Waals surface area contributed by atoms with Crippen molar-refractivity contribution in [3.05, 3.63) is 81.9 Å². The summed E-state index contributed by atoms with van der Waals surface area (Å²) >= 11 is 3.86. The molecule has 0 fully saturated rings. The molecule has 0 amide bonds. The number of allylic oxidation sites excluding steroid dienone is 3. The molecule has 2 aromatic rings. The van der Waals surface area contributed by atoms with E-state index in [0.29, 0.717) is 30.7 Å². The minimum absolute atomic E-state index is 0.0604. The Kier molecular flexibility index (Phi) is 5.23. The fraction of sp³-hybridized carbons (Fsp3) is 0.250. The Labute approximate surface area is 170 Å². The Bertz CT molecular complexity index is 1020. The van der Waals surface area contributed by atoms with Crippen molar-refractivity contribution in [1.82, 2.24) is 0 Å². The first-order valence-electron chi connectivity index (χ1n) is 9.57. The molecule has 2 aliphatic carbocycles. The monoisotopic (exact) mass is 390 g/mol. The van der Waals surface area contributed by atoms with Gasteiger partial charge >= 0.3 is 0 Å². The second-order valence-corrected chi connectivity index (χ2v) is 8.04. The maximum Gasteiger partial charge on any atom is 0.193 e. The van der Waals surface area contributed by atoms with Crippen molar-refractivity contribution in [2.75, 3.05) is 0 Å². The van der Waals surface area contributed by atoms with Crippen LogP contribution in [0.15, 0.2) is 54.1 Å². The van der Waals surface area contributed by atoms with Gasteiger partial charge in [0.15, 0.2) is 10.9 Å². The lowest BCUT2D eigenvalue weighted by Crippen LogP contribution is -2.14. The number of carbonyl (C=O) groups excluding carboxylic acids is 2. The van der Waals surface area contributed by atoms with Crippen molar-refractivity contribution in [1.29, 1.82) is 0 Å². The summed E-state index contributed by atoms with van der Waals surface area (Å²) < 4.78 is 0. The van der Waals surface area contributed by atoms with E-state index in [4.69, 9.17) is 0 Å². The third-order valence-electron chi connectivity index (χ3n) is 5.58. The number of phenols is 1. The van der Waals surface area contributed by atoms with E-state index in [-0.39, 0.29) is 16.6 Å². The second kappa shape index (κ2) is 7.80. The first-order chi connectivity index (χ1) is 13.5. The molecule has 2 aromatic carbocycles. The number of ketones is 1. The van der Waals surface area contributed by atoms with Gasteiger partial charge in [-0.2, -0.15) is 0 Å². The van der Waals surface area contributed by atoms with Gasteiger partial charge < -0.3 is 5.11 Å². The van der Waals surface area contributed by atoms with Crippen LogP contribution in [0.2, 0.25) is 0 Å². The molecule has 0 radical (unpaired) electrons. The van der Waals surface area contributed by atoms with E-state index in [9.17, 15) is 14.7 Å². The van der Waals surface area contributed by atoms with Crippen LogP contribution in [-0.4, -0.2) is 16.0 Å². The van der Waals surface area contributed by atoms with Crippen molar-refractivity contribution < 1.29 is 14.7 Å². The van der Waals surface area contributed by atoms with Crippen LogP contribution in [0.4, 0.5) is 0 Å². The van der Waals surface area contributed by atoms with E-state index in [1.807, 2.05) is 12.1 Å². The third kappa shape index (κ3) is 3.83. The number of hydrogen-bond donors (Lipinski definition) is 2. The Morgan fingerprint density at radius 3 is 2.86 bits per heavy atom. The van der Waals surface area contributed by atoms with Crippen LogP contribution >= 0.6 is 12.6 Å². The molecular formula is C24H22O3S. The minimum Gasteiger partial charge on any atom is -0.507 e. The number of aromatic hydroxyl groups is 1. The van der Waals surface area contributed by atoms with Crippen molar-refractivity contribution in [3.8, 4) is 5.75 Å². The van der Waals surface area contributed by atoms with Crippen molar-refractivity contribution in [2.24, 2.45) is 5.92 Å². The van der Waals surface area contributed by atoms with E-state index < -0.39 is 0 Å². The van der Waals surface area contributed by atoms with Gasteiger partial charge in [0.1, 0.15) is 5.75 Å². The van der Waals surface area contributed by atoms with Crippen LogP contribution in [-0.2, 0) is 24.1 Å². The molecule has 0 heterocycles. The predicted molar refractivity (Wildman–Crippen MR) is 114 cm³/mol. The van der Waals surface area contributed by atoms with Gasteiger partial charge in [-0.05, 0) is 53.5 Å². The van der Waals surface area contributed by atoms with Crippen molar-refractivity contribution >= 4 is 29.6 Å². The van der Waals surface area contributed by atoms with Crippen LogP contribution in [0.1, 0.15) is 45.5 Å². The highest BCUT2D eigenvalue weighted by atomic mass is 32.1. The molecule has 1 unspecified atom stereocenters. The number of thiol groups is 1. The van der Waals surface area contributed by atoms with E-state index in [0.717, 1.165) is 29.5 Å². The Morgan fingerprint density at radius 2 is 2.04 bits per heavy atom. The smallest absolute Gasteiger partial charge is 0.193 e. The standard InChI is InChI=1S/C24H22O3S/c25-21-3-1-2-18-9-10-19(24(27)23(18)21)13-16-5-8-17-7-4-15(6-11-22(26)28)12-20(17)14-16/h1-5,7-8,10,14-15,25H,6,9,11-13H2,(H,26,28). The summed E-state index contributed by atoms with van der Waals surface area (Å²) in [6, 6.07) is 11.6. The molecule has 142 valence electrons. The molecule has 0 aliphatic heterocycles. The van der Waals surface area contributed by atoms with E-state index in [1.165, 1.54) is 11.1 Å². The SMILES string of the molecule is O=C(S)CCC1C=Cc2ccc(CC3=CCc4cccc(O)c4C3=O)cc2C1. The predicted octanol–water partition coefficient (Wildman–Crippen LogP) is 4.72. The molecule has 0 saturated heterocycles. The van der Waals surface area contributed by atoms with E-state index in [1.54, 1.807) is 12.1 Å². The second-order valence-electron chi connectivity index (χ2n) is 7.54. The molecule has 0 bridgehead atoms. The summed E-state index contributed by atoms with van der Waals surface area (Å²) in [6.07, 6.45) is 9.68. The molecule has 2 aliphatic rings. The maximum absolute atomic E-state index is 12.9. The number of carbonyl (C=O) groups is 2. The van der Waals surface area contributed by atoms with Gasteiger partial charge in [-0.15, -0.1) is 12.6 Å². The summed E-state index contributed by atoms with van der Waals surface area (Å²) in [5, 5.41) is 10.0. The third-order valence-corrected chi connectivity index (χ3v) is 5.80. The Morgan fingerprint density at radius 1 is 1.18 bits per heavy atom. The zero-order valence-corrected chi connectivity index (χ0v) is 16.4. The number of phenolic OH excluding ortho intramolecular Hbond substituents is 1. The Hall–Kier alpha value is -2.59. The van der Waals surface area contributed by atoms with Crippen molar-refractivity contribution in [2.45, 2.75) is 32.1 Å². The van der Waals surface area contributed by atoms with Gasteiger partial charge in [-0.3, -0.25) is 9.59 Å². The van der Waals surface area contributed by atoms with Gasteiger partial charge in [0.05, 0.1) is 5.56 Å². The normalized spacial score (nSPS) is 17.7. The summed E-state index contributed by atoms with van der Waals surface area (Å²) in [7, 11) is 0. The molecule has 28 heavy (non-hydrogen) atoms. The lowest BCUT2D eigenvalue weighted by atomic mass is 9.84. The van der Waals surface area contributed by atoms with Crippen LogP contribution in [0.25, 0.3) is 6.08 Å². The van der Waals surface area contributed by atoms with Gasteiger partial charge in [-0.25, -0.2) is 0 Å². The van der Waals surface area contributed by atoms with Crippen LogP contribution in [0.3, 0.4) is 0 Å². The zero-order valence-electron chi connectivity index (χ0n) is 15.5. The number of rotatable bonds is 5. The Balaban J connectivity index is 1.52. The molecule has 4 heteroatoms. The van der Waals surface area contributed by atoms with E-state index >= 15 is 0 Å². The average molecular weight is 391 g/mol. The first-order valence-corrected chi connectivity index (χ1v) is 10.0. The van der Waals surface area contributed by atoms with Crippen LogP contribution < -0.4 is 0 Å². The fourth-order valence-electron chi connectivity index (χ4n) is 4.08. The lowest BCUT2D eigenvalue weighted by Gasteiger charge is -2.21. The minimum atomic E-state index is -0.0814. The van der Waals surface area contributed by atoms with Crippen LogP contribution in [0, 0.1) is 5.92 Å². The van der Waals surface area contributed by atoms with E-state index in [2.05, 4.69) is 43.0 Å². The quantitative estimate of drug-likeness (QED) is 0.726. The van der Waals surface area contributed by atoms with Gasteiger partial charge in [0, 0.05) is 18.4 Å². The summed E-state index contributed by atoms with van der Waals surface area (Å²) in [4.78, 5) is 24.0. The molecule has 1 atom stereocenters. The number of Topliss-reactive ketones (excluding diaryl/α,β-unsaturated/α-hetero) is 1. The van der Waals surface area contributed by atoms with Gasteiger partial charge in [0.2, 0.25) is 0 Å². The molecule has 0 aromatic heterocycles. The fourth-order valence-corrected chi connectivity index (χ4v) is 4.21. The largest absolute Gasteiger partial charge is 0.507 e. The van der Waals surface area contributed by atoms with Crippen LogP contribution in [0.5, 0.6) is 5.75 Å². The maximum atomic E-state index is 12.9. The summed E-state index contributed by atoms with van der Waals surface area (Å²) in [6.45, 7) is 0. The van der Waals surface area contributed by atoms with Gasteiger partial charge in [-0.1, -0.05) is 48.6 Å². The molecule has 1 N–H and O–H groups in total. The molecule has 0 spiro atoms. The molecule has 3 nitrogen and oxygen atoms in total. The lowest BCUT2D eigenvalue weighted by molar-refractivity contribution is -0.111. The first kappa shape index (κ1) is 18.8. The average Bonchev–Trinajstić information content (AvgIpc) is 2.68. The number of fused-ring (bicyclic) bond motifs is 2. The number of benzene rings is 2. The molecule has 0 saturated carbocycles. The number of hydrogen-bond acceptors (Lipinski definition) is 3. The van der Waals surface area contributed by atoms with Gasteiger partial charge in [0.25, 0.3) is 0 Å². The zero-order chi connectivity index (χ0) is 19.7. The summed E-state index contributed by atoms with van der Waals surface area (Å²) in [5.41, 5.74) is 5.60. The topological polar surface area (TPSA) is 54.4 Å². The molecular weight excluding hydrogens is 368 g/mol. The highest BCUT2D eigenvalue weighted by molar-refractivity contribution is 7.96. The summed E-state index contributed by atoms with van der Waals surface area (Å²) in [5.74, 6) is 0.325.